The van der Waals surface area contributed by atoms with Crippen LogP contribution in [0.1, 0.15) is 36.5 Å². The number of aliphatic carboxylic acids is 1. The molecule has 0 unspecified atom stereocenters. The van der Waals surface area contributed by atoms with Gasteiger partial charge in [0.2, 0.25) is 0 Å². The molecule has 2 aliphatic rings. The zero-order chi connectivity index (χ0) is 28.3. The maximum absolute atomic E-state index is 14.4. The zero-order valence-corrected chi connectivity index (χ0v) is 23.3. The molecule has 2 saturated heterocycles. The van der Waals surface area contributed by atoms with Crippen molar-refractivity contribution < 1.29 is 19.1 Å². The Kier molecular flexibility index (Phi) is 8.72. The first-order chi connectivity index (χ1) is 18.7. The highest BCUT2D eigenvalue weighted by atomic mass is 32.2. The molecule has 1 amide bonds. The number of piperazine rings is 1. The maximum Gasteiger partial charge on any atom is 0.305 e. The van der Waals surface area contributed by atoms with Crippen LogP contribution in [-0.2, 0) is 16.1 Å². The molecule has 0 spiro atoms. The van der Waals surface area contributed by atoms with E-state index in [0.717, 1.165) is 11.8 Å². The van der Waals surface area contributed by atoms with Gasteiger partial charge in [-0.05, 0) is 37.1 Å². The summed E-state index contributed by atoms with van der Waals surface area (Å²) in [6.07, 6.45) is 2.06. The number of halogens is 1. The van der Waals surface area contributed by atoms with E-state index in [1.54, 1.807) is 35.8 Å². The van der Waals surface area contributed by atoms with Crippen molar-refractivity contribution in [3.63, 3.8) is 0 Å². The largest absolute Gasteiger partial charge is 0.481 e. The molecule has 0 radical (unpaired) electrons. The van der Waals surface area contributed by atoms with Crippen LogP contribution >= 0.6 is 24.0 Å². The van der Waals surface area contributed by atoms with Gasteiger partial charge in [-0.15, -0.1) is 0 Å². The van der Waals surface area contributed by atoms with E-state index in [1.807, 2.05) is 22.8 Å². The minimum Gasteiger partial charge on any atom is -0.481 e. The molecule has 2 aliphatic heterocycles. The van der Waals surface area contributed by atoms with Crippen LogP contribution in [0.2, 0.25) is 0 Å². The lowest BCUT2D eigenvalue weighted by atomic mass is 10.0. The number of hydrogen-bond donors (Lipinski definition) is 1. The zero-order valence-electron chi connectivity index (χ0n) is 21.6. The number of hydrogen-bond acceptors (Lipinski definition) is 8. The number of rotatable bonds is 8. The van der Waals surface area contributed by atoms with Gasteiger partial charge in [-0.25, -0.2) is 4.39 Å². The second-order valence-electron chi connectivity index (χ2n) is 9.21. The van der Waals surface area contributed by atoms with Crippen LogP contribution in [-0.4, -0.2) is 63.5 Å². The molecule has 0 bridgehead atoms. The number of benzene rings is 1. The Hall–Kier alpha value is -3.69. The van der Waals surface area contributed by atoms with Crippen LogP contribution in [0.25, 0.3) is 6.08 Å². The molecule has 2 aromatic rings. The van der Waals surface area contributed by atoms with Crippen LogP contribution in [0.15, 0.2) is 34.0 Å². The van der Waals surface area contributed by atoms with Gasteiger partial charge >= 0.3 is 5.97 Å². The SMILES string of the molecule is CCCn1c(N2CCN(c3ccccc3F)CC2)c(/C=C2\SC(=S)N(CCC(=O)O)C2=O)c(C)c(C#N)c1=O. The van der Waals surface area contributed by atoms with Crippen molar-refractivity contribution in [1.82, 2.24) is 9.47 Å². The Morgan fingerprint density at radius 2 is 1.85 bits per heavy atom. The number of pyridine rings is 1. The second-order valence-corrected chi connectivity index (χ2v) is 10.9. The summed E-state index contributed by atoms with van der Waals surface area (Å²) in [4.78, 5) is 43.1. The summed E-state index contributed by atoms with van der Waals surface area (Å²) in [5.41, 5.74) is 1.15. The third-order valence-electron chi connectivity index (χ3n) is 6.76. The average molecular weight is 570 g/mol. The first-order valence-corrected chi connectivity index (χ1v) is 13.8. The highest BCUT2D eigenvalue weighted by Crippen LogP contribution is 2.36. The molecule has 4 rings (SSSR count). The molecule has 0 atom stereocenters. The molecule has 1 aromatic carbocycles. The lowest BCUT2D eigenvalue weighted by Gasteiger charge is -2.39. The number of aromatic nitrogens is 1. The third kappa shape index (κ3) is 5.69. The summed E-state index contributed by atoms with van der Waals surface area (Å²) in [6, 6.07) is 8.63. The van der Waals surface area contributed by atoms with Crippen molar-refractivity contribution in [2.45, 2.75) is 33.2 Å². The number of carboxylic acid groups (broad SMARTS) is 1. The lowest BCUT2D eigenvalue weighted by molar-refractivity contribution is -0.137. The van der Waals surface area contributed by atoms with Crippen molar-refractivity contribution in [1.29, 1.82) is 5.26 Å². The Labute approximate surface area is 235 Å². The van der Waals surface area contributed by atoms with Gasteiger partial charge in [0.05, 0.1) is 17.0 Å². The predicted molar refractivity (Wildman–Crippen MR) is 153 cm³/mol. The fourth-order valence-electron chi connectivity index (χ4n) is 4.81. The van der Waals surface area contributed by atoms with Gasteiger partial charge in [0.15, 0.2) is 0 Å². The number of nitriles is 1. The fourth-order valence-corrected chi connectivity index (χ4v) is 6.10. The van der Waals surface area contributed by atoms with E-state index in [1.165, 1.54) is 11.0 Å². The van der Waals surface area contributed by atoms with Gasteiger partial charge in [-0.2, -0.15) is 5.26 Å². The summed E-state index contributed by atoms with van der Waals surface area (Å²) >= 11 is 6.41. The number of amides is 1. The van der Waals surface area contributed by atoms with Crippen molar-refractivity contribution in [3.05, 3.63) is 62.0 Å². The Bertz CT molecular complexity index is 1460. The van der Waals surface area contributed by atoms with Gasteiger partial charge in [0, 0.05) is 44.8 Å². The highest BCUT2D eigenvalue weighted by molar-refractivity contribution is 8.26. The topological polar surface area (TPSA) is 110 Å². The van der Waals surface area contributed by atoms with Crippen LogP contribution in [0.3, 0.4) is 0 Å². The third-order valence-corrected chi connectivity index (χ3v) is 8.14. The minimum absolute atomic E-state index is 0.00444. The first kappa shape index (κ1) is 28.3. The van der Waals surface area contributed by atoms with Gasteiger partial charge in [-0.1, -0.05) is 43.0 Å². The predicted octanol–water partition coefficient (Wildman–Crippen LogP) is 3.58. The molecule has 12 heteroatoms. The molecule has 3 heterocycles. The summed E-state index contributed by atoms with van der Waals surface area (Å²) in [5.74, 6) is -1.14. The molecule has 0 saturated carbocycles. The van der Waals surface area contributed by atoms with Crippen molar-refractivity contribution in [2.24, 2.45) is 0 Å². The molecular formula is C27H28FN5O4S2. The quantitative estimate of drug-likeness (QED) is 0.377. The van der Waals surface area contributed by atoms with Gasteiger partial charge < -0.3 is 14.9 Å². The van der Waals surface area contributed by atoms with E-state index in [9.17, 15) is 24.0 Å². The molecule has 1 N–H and O–H groups in total. The van der Waals surface area contributed by atoms with Crippen molar-refractivity contribution >= 4 is 57.8 Å². The summed E-state index contributed by atoms with van der Waals surface area (Å²) < 4.78 is 16.3. The van der Waals surface area contributed by atoms with E-state index in [2.05, 4.69) is 0 Å². The minimum atomic E-state index is -1.04. The van der Waals surface area contributed by atoms with E-state index in [4.69, 9.17) is 17.3 Å². The van der Waals surface area contributed by atoms with Crippen LogP contribution < -0.4 is 15.4 Å². The Morgan fingerprint density at radius 1 is 1.18 bits per heavy atom. The standard InChI is InChI=1S/C27H28FN5O4S2/c1-3-9-32-24(31-13-11-30(12-14-31)21-7-5-4-6-20(21)28)18(17(2)19(16-29)25(32)36)15-22-26(37)33(27(38)39-22)10-8-23(34)35/h4-7,15H,3,8-14H2,1-2H3,(H,34,35)/b22-15-. The monoisotopic (exact) mass is 569 g/mol. The summed E-state index contributed by atoms with van der Waals surface area (Å²) in [6.45, 7) is 5.95. The first-order valence-electron chi connectivity index (χ1n) is 12.6. The molecule has 1 aromatic heterocycles. The van der Waals surface area contributed by atoms with Crippen LogP contribution in [0.4, 0.5) is 15.9 Å². The number of carboxylic acids is 1. The molecule has 204 valence electrons. The van der Waals surface area contributed by atoms with Crippen molar-refractivity contribution in [3.8, 4) is 6.07 Å². The number of thiocarbonyl (C=S) groups is 1. The second kappa shape index (κ2) is 12.0. The van der Waals surface area contributed by atoms with E-state index in [0.29, 0.717) is 66.7 Å². The van der Waals surface area contributed by atoms with E-state index >= 15 is 0 Å². The van der Waals surface area contributed by atoms with E-state index < -0.39 is 17.4 Å². The number of nitrogens with zero attached hydrogens (tertiary/aromatic N) is 5. The lowest BCUT2D eigenvalue weighted by Crippen LogP contribution is -2.49. The van der Waals surface area contributed by atoms with Gasteiger partial charge in [0.1, 0.15) is 27.6 Å². The fraction of sp³-hybridized carbons (Fsp3) is 0.370. The van der Waals surface area contributed by atoms with E-state index in [-0.39, 0.29) is 28.7 Å². The normalized spacial score (nSPS) is 16.8. The average Bonchev–Trinajstić information content (AvgIpc) is 3.18. The number of para-hydroxylation sites is 1. The molecule has 9 nitrogen and oxygen atoms in total. The summed E-state index contributed by atoms with van der Waals surface area (Å²) in [5, 5.41) is 18.9. The Balaban J connectivity index is 1.77. The van der Waals surface area contributed by atoms with Gasteiger partial charge in [-0.3, -0.25) is 23.9 Å². The van der Waals surface area contributed by atoms with Crippen LogP contribution in [0.5, 0.6) is 0 Å². The van der Waals surface area contributed by atoms with Gasteiger partial charge in [0.25, 0.3) is 11.5 Å². The Morgan fingerprint density at radius 3 is 2.46 bits per heavy atom. The highest BCUT2D eigenvalue weighted by Gasteiger charge is 2.34. The van der Waals surface area contributed by atoms with Crippen molar-refractivity contribution in [2.75, 3.05) is 42.5 Å². The molecular weight excluding hydrogens is 541 g/mol. The van der Waals surface area contributed by atoms with Crippen LogP contribution in [0, 0.1) is 24.1 Å². The number of carbonyl (C=O) groups excluding carboxylic acids is 1. The molecule has 2 fully saturated rings. The summed E-state index contributed by atoms with van der Waals surface area (Å²) in [7, 11) is 0. The number of anilines is 2. The maximum atomic E-state index is 14.4. The number of carbonyl (C=O) groups is 2. The molecule has 0 aliphatic carbocycles. The smallest absolute Gasteiger partial charge is 0.305 e. The molecule has 39 heavy (non-hydrogen) atoms. The number of thioether (sulfide) groups is 1.